The normalized spacial score (nSPS) is 11.3. The van der Waals surface area contributed by atoms with Crippen molar-refractivity contribution in [1.29, 1.82) is 5.26 Å². The highest BCUT2D eigenvalue weighted by atomic mass is 79.9. The molecule has 0 aliphatic carbocycles. The number of rotatable bonds is 8. The topological polar surface area (TPSA) is 77.9 Å². The second-order valence-corrected chi connectivity index (χ2v) is 9.47. The fourth-order valence-electron chi connectivity index (χ4n) is 3.60. The first-order chi connectivity index (χ1) is 16.9. The van der Waals surface area contributed by atoms with Gasteiger partial charge in [-0.25, -0.2) is 4.39 Å². The Morgan fingerprint density at radius 1 is 1.11 bits per heavy atom. The van der Waals surface area contributed by atoms with Crippen molar-refractivity contribution in [3.63, 3.8) is 0 Å². The number of para-hydroxylation sites is 1. The number of amides is 1. The molecule has 176 valence electrons. The molecule has 0 radical (unpaired) electrons. The first-order valence-electron chi connectivity index (χ1n) is 10.8. The molecule has 2 N–H and O–H groups in total. The van der Waals surface area contributed by atoms with Gasteiger partial charge in [0.15, 0.2) is 0 Å². The van der Waals surface area contributed by atoms with Crippen LogP contribution in [0, 0.1) is 17.1 Å². The number of H-pyrrole nitrogens is 1. The van der Waals surface area contributed by atoms with E-state index in [1.807, 2.05) is 36.5 Å². The van der Waals surface area contributed by atoms with Crippen molar-refractivity contribution >= 4 is 54.7 Å². The molecule has 0 fully saturated rings. The summed E-state index contributed by atoms with van der Waals surface area (Å²) in [4.78, 5) is 15.8. The lowest BCUT2D eigenvalue weighted by molar-refractivity contribution is -0.117. The zero-order valence-electron chi connectivity index (χ0n) is 18.4. The second kappa shape index (κ2) is 11.3. The van der Waals surface area contributed by atoms with E-state index in [-0.39, 0.29) is 18.0 Å². The van der Waals surface area contributed by atoms with Crippen molar-refractivity contribution in [2.24, 2.45) is 0 Å². The zero-order chi connectivity index (χ0) is 24.8. The summed E-state index contributed by atoms with van der Waals surface area (Å²) in [6.07, 6.45) is 4.11. The number of carbonyl (C=O) groups excluding carboxylic acids is 1. The summed E-state index contributed by atoms with van der Waals surface area (Å²) in [5.41, 5.74) is 3.63. The van der Waals surface area contributed by atoms with Crippen LogP contribution in [0.15, 0.2) is 81.4 Å². The molecule has 4 aromatic rings. The number of carbonyl (C=O) groups is 1. The van der Waals surface area contributed by atoms with E-state index in [4.69, 9.17) is 4.74 Å². The maximum Gasteiger partial charge on any atom is 0.261 e. The van der Waals surface area contributed by atoms with Crippen LogP contribution in [0.25, 0.3) is 17.0 Å². The number of aromatic amines is 1. The largest absolute Gasteiger partial charge is 0.487 e. The molecular weight excluding hydrogens is 577 g/mol. The standard InChI is InChI=1S/C27H20Br2FN3O2/c28-23-12-18(13-24(29)26(23)35-16-17-5-7-21(30)8-6-17)11-20(14-31)27(34)32-10-9-19-15-33-25-4-2-1-3-22(19)25/h1-8,11-13,15,33H,9-10,16H2,(H,32,34)/b20-11-. The van der Waals surface area contributed by atoms with Gasteiger partial charge in [-0.3, -0.25) is 4.79 Å². The van der Waals surface area contributed by atoms with Crippen LogP contribution >= 0.6 is 31.9 Å². The van der Waals surface area contributed by atoms with Gasteiger partial charge in [-0.2, -0.15) is 5.26 Å². The van der Waals surface area contributed by atoms with Crippen LogP contribution in [0.5, 0.6) is 5.75 Å². The third-order valence-corrected chi connectivity index (χ3v) is 6.53. The maximum absolute atomic E-state index is 13.1. The van der Waals surface area contributed by atoms with Gasteiger partial charge in [-0.15, -0.1) is 0 Å². The van der Waals surface area contributed by atoms with Gasteiger partial charge in [0.1, 0.15) is 29.8 Å². The Labute approximate surface area is 218 Å². The molecule has 35 heavy (non-hydrogen) atoms. The SMILES string of the molecule is N#C/C(=C/c1cc(Br)c(OCc2ccc(F)cc2)c(Br)c1)C(=O)NCCc1c[nH]c2ccccc12. The van der Waals surface area contributed by atoms with Crippen LogP contribution in [-0.4, -0.2) is 17.4 Å². The molecule has 0 aliphatic rings. The van der Waals surface area contributed by atoms with E-state index in [1.54, 1.807) is 24.3 Å². The lowest BCUT2D eigenvalue weighted by Crippen LogP contribution is -2.26. The molecule has 5 nitrogen and oxygen atoms in total. The van der Waals surface area contributed by atoms with Crippen molar-refractivity contribution in [2.45, 2.75) is 13.0 Å². The minimum atomic E-state index is -0.434. The highest BCUT2D eigenvalue weighted by Gasteiger charge is 2.13. The summed E-state index contributed by atoms with van der Waals surface area (Å²) in [6.45, 7) is 0.665. The summed E-state index contributed by atoms with van der Waals surface area (Å²) in [6, 6.07) is 19.6. The van der Waals surface area contributed by atoms with Gasteiger partial charge >= 0.3 is 0 Å². The van der Waals surface area contributed by atoms with E-state index in [2.05, 4.69) is 42.2 Å². The molecule has 0 saturated carbocycles. The van der Waals surface area contributed by atoms with E-state index in [1.165, 1.54) is 18.2 Å². The minimum absolute atomic E-state index is 0.00251. The van der Waals surface area contributed by atoms with Gasteiger partial charge in [-0.1, -0.05) is 30.3 Å². The average Bonchev–Trinajstić information content (AvgIpc) is 3.26. The van der Waals surface area contributed by atoms with Crippen LogP contribution in [0.2, 0.25) is 0 Å². The first kappa shape index (κ1) is 24.7. The number of benzene rings is 3. The lowest BCUT2D eigenvalue weighted by atomic mass is 10.1. The van der Waals surface area contributed by atoms with Crippen LogP contribution in [0.3, 0.4) is 0 Å². The first-order valence-corrected chi connectivity index (χ1v) is 12.3. The van der Waals surface area contributed by atoms with Crippen molar-refractivity contribution < 1.29 is 13.9 Å². The minimum Gasteiger partial charge on any atom is -0.487 e. The Morgan fingerprint density at radius 3 is 2.54 bits per heavy atom. The van der Waals surface area contributed by atoms with Crippen molar-refractivity contribution in [3.05, 3.63) is 104 Å². The van der Waals surface area contributed by atoms with Crippen LogP contribution < -0.4 is 10.1 Å². The number of nitrogens with one attached hydrogen (secondary N) is 2. The third kappa shape index (κ3) is 6.18. The Bertz CT molecular complexity index is 1420. The molecule has 4 rings (SSSR count). The van der Waals surface area contributed by atoms with Crippen molar-refractivity contribution in [3.8, 4) is 11.8 Å². The number of fused-ring (bicyclic) bond motifs is 1. The molecule has 1 amide bonds. The summed E-state index contributed by atoms with van der Waals surface area (Å²) >= 11 is 6.97. The molecule has 0 saturated heterocycles. The monoisotopic (exact) mass is 595 g/mol. The summed E-state index contributed by atoms with van der Waals surface area (Å²) < 4.78 is 20.3. The predicted octanol–water partition coefficient (Wildman–Crippen LogP) is 6.68. The Hall–Kier alpha value is -3.41. The summed E-state index contributed by atoms with van der Waals surface area (Å²) in [5.74, 6) is -0.174. The summed E-state index contributed by atoms with van der Waals surface area (Å²) in [7, 11) is 0. The predicted molar refractivity (Wildman–Crippen MR) is 141 cm³/mol. The molecule has 0 atom stereocenters. The lowest BCUT2D eigenvalue weighted by Gasteiger charge is -2.12. The van der Waals surface area contributed by atoms with Gasteiger partial charge in [0.25, 0.3) is 5.91 Å². The average molecular weight is 597 g/mol. The van der Waals surface area contributed by atoms with Crippen LogP contribution in [0.4, 0.5) is 4.39 Å². The molecule has 0 aliphatic heterocycles. The van der Waals surface area contributed by atoms with Crippen molar-refractivity contribution in [1.82, 2.24) is 10.3 Å². The zero-order valence-corrected chi connectivity index (χ0v) is 21.6. The van der Waals surface area contributed by atoms with E-state index < -0.39 is 5.91 Å². The van der Waals surface area contributed by atoms with Crippen LogP contribution in [-0.2, 0) is 17.8 Å². The highest BCUT2D eigenvalue weighted by molar-refractivity contribution is 9.11. The van der Waals surface area contributed by atoms with E-state index >= 15 is 0 Å². The number of halogens is 3. The molecule has 1 aromatic heterocycles. The Balaban J connectivity index is 1.40. The Morgan fingerprint density at radius 2 is 1.83 bits per heavy atom. The molecule has 0 spiro atoms. The number of nitriles is 1. The molecule has 3 aromatic carbocycles. The smallest absolute Gasteiger partial charge is 0.261 e. The number of ether oxygens (including phenoxy) is 1. The fraction of sp³-hybridized carbons (Fsp3) is 0.111. The van der Waals surface area contributed by atoms with E-state index in [9.17, 15) is 14.4 Å². The van der Waals surface area contributed by atoms with Gasteiger partial charge in [-0.05, 0) is 91.4 Å². The molecule has 1 heterocycles. The Kier molecular flexibility index (Phi) is 8.01. The van der Waals surface area contributed by atoms with E-state index in [0.29, 0.717) is 33.2 Å². The number of aromatic nitrogens is 1. The molecule has 0 unspecified atom stereocenters. The van der Waals surface area contributed by atoms with Crippen molar-refractivity contribution in [2.75, 3.05) is 6.54 Å². The molecule has 8 heteroatoms. The quantitative estimate of drug-likeness (QED) is 0.176. The van der Waals surface area contributed by atoms with Gasteiger partial charge in [0.05, 0.1) is 8.95 Å². The third-order valence-electron chi connectivity index (χ3n) is 5.35. The molecule has 0 bridgehead atoms. The van der Waals surface area contributed by atoms with Crippen LogP contribution in [0.1, 0.15) is 16.7 Å². The maximum atomic E-state index is 13.1. The van der Waals surface area contributed by atoms with E-state index in [0.717, 1.165) is 22.0 Å². The molecular formula is C27H20Br2FN3O2. The van der Waals surface area contributed by atoms with Gasteiger partial charge < -0.3 is 15.0 Å². The highest BCUT2D eigenvalue weighted by Crippen LogP contribution is 2.36. The summed E-state index contributed by atoms with van der Waals surface area (Å²) in [5, 5.41) is 13.5. The second-order valence-electron chi connectivity index (χ2n) is 7.76. The fourth-order valence-corrected chi connectivity index (χ4v) is 5.05. The van der Waals surface area contributed by atoms with Gasteiger partial charge in [0.2, 0.25) is 0 Å². The van der Waals surface area contributed by atoms with Gasteiger partial charge in [0, 0.05) is 23.6 Å². The number of hydrogen-bond donors (Lipinski definition) is 2. The number of hydrogen-bond acceptors (Lipinski definition) is 3. The number of nitrogens with zero attached hydrogens (tertiary/aromatic N) is 1.